The Kier molecular flexibility index (Phi) is 7.44. The van der Waals surface area contributed by atoms with E-state index >= 15 is 0 Å². The van der Waals surface area contributed by atoms with Gasteiger partial charge in [-0.3, -0.25) is 9.69 Å². The van der Waals surface area contributed by atoms with E-state index in [9.17, 15) is 10.1 Å². The van der Waals surface area contributed by atoms with Crippen LogP contribution in [0.4, 0.5) is 5.69 Å². The molecule has 0 aromatic heterocycles. The summed E-state index contributed by atoms with van der Waals surface area (Å²) in [6.07, 6.45) is 1.12. The summed E-state index contributed by atoms with van der Waals surface area (Å²) in [5.41, 5.74) is 15.4. The average Bonchev–Trinajstić information content (AvgIpc) is 2.97. The number of aryl methyl sites for hydroxylation is 2. The van der Waals surface area contributed by atoms with Crippen LogP contribution >= 0.6 is 11.8 Å². The number of hydrogen-bond donors (Lipinski definition) is 1. The van der Waals surface area contributed by atoms with Gasteiger partial charge in [-0.1, -0.05) is 85.6 Å². The zero-order chi connectivity index (χ0) is 30.5. The number of nitriles is 1. The molecule has 2 N–H and O–H groups in total. The van der Waals surface area contributed by atoms with Crippen molar-refractivity contribution in [3.8, 4) is 6.07 Å². The van der Waals surface area contributed by atoms with Gasteiger partial charge in [0.1, 0.15) is 5.82 Å². The Bertz CT molecular complexity index is 1870. The molecule has 2 aliphatic rings. The lowest BCUT2D eigenvalue weighted by Crippen LogP contribution is -2.42. The van der Waals surface area contributed by atoms with Crippen molar-refractivity contribution < 1.29 is 4.79 Å². The molecular formula is C38H37N3OS. The predicted octanol–water partition coefficient (Wildman–Crippen LogP) is 9.00. The molecule has 0 spiro atoms. The summed E-state index contributed by atoms with van der Waals surface area (Å²) in [6, 6.07) is 29.8. The first-order valence-corrected chi connectivity index (χ1v) is 15.8. The number of Topliss-reactive ketones (excluding diaryl/α,β-unsaturated/α-hetero) is 1. The van der Waals surface area contributed by atoms with Crippen LogP contribution in [0.5, 0.6) is 0 Å². The minimum absolute atomic E-state index is 0.0956. The van der Waals surface area contributed by atoms with Gasteiger partial charge in [-0.25, -0.2) is 0 Å². The standard InChI is InChI=1S/C38H37N3OS/c1-23-13-15-28(16-14-23)43-22-27-17-24(2)18-30(25(27)3)35-31(21-39)37(40)41(33-19-38(4,5)20-34(42)36(33)35)32-12-8-10-26-9-6-7-11-29(26)32/h6-18,35H,19-20,22,40H2,1-5H3. The Morgan fingerprint density at radius 3 is 2.42 bits per heavy atom. The maximum atomic E-state index is 14.2. The van der Waals surface area contributed by atoms with Crippen LogP contribution in [0.3, 0.4) is 0 Å². The highest BCUT2D eigenvalue weighted by molar-refractivity contribution is 7.98. The molecule has 43 heavy (non-hydrogen) atoms. The second-order valence-electron chi connectivity index (χ2n) is 12.7. The highest BCUT2D eigenvalue weighted by Crippen LogP contribution is 2.51. The van der Waals surface area contributed by atoms with Gasteiger partial charge in [-0.05, 0) is 72.9 Å². The Hall–Kier alpha value is -4.27. The quantitative estimate of drug-likeness (QED) is 0.237. The van der Waals surface area contributed by atoms with Gasteiger partial charge in [-0.2, -0.15) is 5.26 Å². The van der Waals surface area contributed by atoms with Gasteiger partial charge >= 0.3 is 0 Å². The maximum Gasteiger partial charge on any atom is 0.162 e. The van der Waals surface area contributed by atoms with Gasteiger partial charge in [0.15, 0.2) is 5.78 Å². The monoisotopic (exact) mass is 583 g/mol. The highest BCUT2D eigenvalue weighted by atomic mass is 32.2. The van der Waals surface area contributed by atoms with Crippen molar-refractivity contribution in [2.24, 2.45) is 11.1 Å². The van der Waals surface area contributed by atoms with Crippen LogP contribution in [0.1, 0.15) is 60.4 Å². The number of ketones is 1. The molecule has 0 radical (unpaired) electrons. The second kappa shape index (κ2) is 11.1. The van der Waals surface area contributed by atoms with Gasteiger partial charge in [0.25, 0.3) is 0 Å². The molecule has 4 aromatic rings. The summed E-state index contributed by atoms with van der Waals surface area (Å²) in [5, 5.41) is 12.8. The number of carbonyl (C=O) groups excluding carboxylic acids is 1. The minimum Gasteiger partial charge on any atom is -0.384 e. The second-order valence-corrected chi connectivity index (χ2v) is 13.8. The van der Waals surface area contributed by atoms with Gasteiger partial charge in [0.05, 0.1) is 23.2 Å². The molecule has 4 aromatic carbocycles. The summed E-state index contributed by atoms with van der Waals surface area (Å²) >= 11 is 1.80. The third-order valence-electron chi connectivity index (χ3n) is 8.81. The third-order valence-corrected chi connectivity index (χ3v) is 9.88. The number of rotatable bonds is 5. The molecule has 1 aliphatic heterocycles. The summed E-state index contributed by atoms with van der Waals surface area (Å²) in [6.45, 7) is 10.6. The predicted molar refractivity (Wildman–Crippen MR) is 178 cm³/mol. The number of benzene rings is 4. The zero-order valence-electron chi connectivity index (χ0n) is 25.5. The molecule has 0 fully saturated rings. The van der Waals surface area contributed by atoms with Crippen LogP contribution in [-0.4, -0.2) is 5.78 Å². The molecular weight excluding hydrogens is 547 g/mol. The van der Waals surface area contributed by atoms with Crippen LogP contribution in [-0.2, 0) is 10.5 Å². The number of thioether (sulfide) groups is 1. The van der Waals surface area contributed by atoms with E-state index in [4.69, 9.17) is 5.73 Å². The molecule has 0 saturated carbocycles. The van der Waals surface area contributed by atoms with Crippen molar-refractivity contribution in [1.29, 1.82) is 5.26 Å². The van der Waals surface area contributed by atoms with E-state index in [2.05, 4.69) is 95.3 Å². The fourth-order valence-corrected chi connectivity index (χ4v) is 7.66. The van der Waals surface area contributed by atoms with Crippen LogP contribution in [0.15, 0.2) is 106 Å². The topological polar surface area (TPSA) is 70.1 Å². The molecule has 1 atom stereocenters. The first kappa shape index (κ1) is 28.8. The van der Waals surface area contributed by atoms with Gasteiger partial charge in [-0.15, -0.1) is 11.8 Å². The normalized spacial score (nSPS) is 18.2. The summed E-state index contributed by atoms with van der Waals surface area (Å²) in [5.74, 6) is 0.799. The van der Waals surface area contributed by atoms with Gasteiger partial charge in [0.2, 0.25) is 0 Å². The number of nitrogens with zero attached hydrogens (tertiary/aromatic N) is 2. The Morgan fingerprint density at radius 2 is 1.67 bits per heavy atom. The largest absolute Gasteiger partial charge is 0.384 e. The molecule has 216 valence electrons. The van der Waals surface area contributed by atoms with Crippen molar-refractivity contribution in [3.63, 3.8) is 0 Å². The van der Waals surface area contributed by atoms with Crippen molar-refractivity contribution >= 4 is 34.0 Å². The highest BCUT2D eigenvalue weighted by Gasteiger charge is 2.45. The molecule has 4 nitrogen and oxygen atoms in total. The van der Waals surface area contributed by atoms with E-state index in [0.717, 1.165) is 44.6 Å². The van der Waals surface area contributed by atoms with Crippen LogP contribution in [0.2, 0.25) is 0 Å². The molecule has 6 rings (SSSR count). The average molecular weight is 584 g/mol. The van der Waals surface area contributed by atoms with E-state index in [1.807, 2.05) is 29.2 Å². The third kappa shape index (κ3) is 5.26. The van der Waals surface area contributed by atoms with E-state index in [1.54, 1.807) is 11.8 Å². The van der Waals surface area contributed by atoms with E-state index in [1.165, 1.54) is 16.0 Å². The molecule has 0 amide bonds. The van der Waals surface area contributed by atoms with Crippen molar-refractivity contribution in [2.45, 2.75) is 64.0 Å². The van der Waals surface area contributed by atoms with E-state index < -0.39 is 5.92 Å². The molecule has 0 bridgehead atoms. The number of carbonyl (C=O) groups is 1. The summed E-state index contributed by atoms with van der Waals surface area (Å²) in [4.78, 5) is 17.4. The van der Waals surface area contributed by atoms with Crippen molar-refractivity contribution in [2.75, 3.05) is 4.90 Å². The van der Waals surface area contributed by atoms with Crippen LogP contribution in [0, 0.1) is 37.5 Å². The van der Waals surface area contributed by atoms with Crippen molar-refractivity contribution in [1.82, 2.24) is 0 Å². The number of anilines is 1. The molecule has 0 saturated heterocycles. The molecule has 1 unspecified atom stereocenters. The Balaban J connectivity index is 1.53. The molecule has 1 heterocycles. The summed E-state index contributed by atoms with van der Waals surface area (Å²) < 4.78 is 0. The lowest BCUT2D eigenvalue weighted by molar-refractivity contribution is -0.118. The Morgan fingerprint density at radius 1 is 0.953 bits per heavy atom. The molecule has 1 aliphatic carbocycles. The summed E-state index contributed by atoms with van der Waals surface area (Å²) in [7, 11) is 0. The van der Waals surface area contributed by atoms with E-state index in [0.29, 0.717) is 29.8 Å². The van der Waals surface area contributed by atoms with Gasteiger partial charge < -0.3 is 5.73 Å². The van der Waals surface area contributed by atoms with Crippen molar-refractivity contribution in [3.05, 3.63) is 129 Å². The van der Waals surface area contributed by atoms with E-state index in [-0.39, 0.29) is 11.2 Å². The van der Waals surface area contributed by atoms with Gasteiger partial charge in [0, 0.05) is 33.7 Å². The number of allylic oxidation sites excluding steroid dienone is 3. The first-order valence-electron chi connectivity index (χ1n) is 14.8. The fourth-order valence-electron chi connectivity index (χ4n) is 6.71. The number of hydrogen-bond acceptors (Lipinski definition) is 5. The SMILES string of the molecule is Cc1ccc(SCc2cc(C)cc(C3C(C#N)=C(N)N(c4cccc5ccccc45)C4=C3C(=O)CC(C)(C)C4)c2C)cc1. The lowest BCUT2D eigenvalue weighted by Gasteiger charge is -2.44. The first-order chi connectivity index (χ1) is 20.6. The number of nitrogens with two attached hydrogens (primary N) is 1. The molecule has 5 heteroatoms. The minimum atomic E-state index is -0.502. The Labute approximate surface area is 258 Å². The fraction of sp³-hybridized carbons (Fsp3) is 0.263. The smallest absolute Gasteiger partial charge is 0.162 e. The number of fused-ring (bicyclic) bond motifs is 1. The lowest BCUT2D eigenvalue weighted by atomic mass is 9.68. The van der Waals surface area contributed by atoms with Crippen LogP contribution < -0.4 is 10.6 Å². The maximum absolute atomic E-state index is 14.2. The van der Waals surface area contributed by atoms with Crippen LogP contribution in [0.25, 0.3) is 10.8 Å². The zero-order valence-corrected chi connectivity index (χ0v) is 26.3.